The Morgan fingerprint density at radius 3 is 2.30 bits per heavy atom. The van der Waals surface area contributed by atoms with Crippen LogP contribution in [0.25, 0.3) is 0 Å². The van der Waals surface area contributed by atoms with E-state index in [1.807, 2.05) is 13.0 Å². The maximum atomic E-state index is 12.3. The minimum Gasteiger partial charge on any atom is -0.492 e. The first-order valence-electron chi connectivity index (χ1n) is 10.5. The summed E-state index contributed by atoms with van der Waals surface area (Å²) in [5.74, 6) is -0.657. The van der Waals surface area contributed by atoms with Gasteiger partial charge in [-0.25, -0.2) is 0 Å². The Kier molecular flexibility index (Phi) is 12.0. The maximum absolute atomic E-state index is 12.3. The first-order valence-corrected chi connectivity index (χ1v) is 10.5. The average molecular weight is 377 g/mol. The fourth-order valence-corrected chi connectivity index (χ4v) is 3.09. The van der Waals surface area contributed by atoms with Crippen LogP contribution in [0.3, 0.4) is 0 Å². The number of anilines is 1. The smallest absolute Gasteiger partial charge is 0.313 e. The average Bonchev–Trinajstić information content (AvgIpc) is 2.66. The summed E-state index contributed by atoms with van der Waals surface area (Å²) in [4.78, 5) is 24.6. The third-order valence-corrected chi connectivity index (χ3v) is 4.52. The fraction of sp³-hybridized carbons (Fsp3) is 0.636. The lowest BCUT2D eigenvalue weighted by Gasteiger charge is -2.18. The van der Waals surface area contributed by atoms with Gasteiger partial charge < -0.3 is 15.4 Å². The van der Waals surface area contributed by atoms with E-state index in [-0.39, 0.29) is 6.04 Å². The number of rotatable bonds is 13. The molecule has 27 heavy (non-hydrogen) atoms. The van der Waals surface area contributed by atoms with Gasteiger partial charge in [0.1, 0.15) is 5.75 Å². The van der Waals surface area contributed by atoms with E-state index in [0.29, 0.717) is 18.0 Å². The molecule has 1 atom stereocenters. The van der Waals surface area contributed by atoms with E-state index in [2.05, 4.69) is 24.5 Å². The van der Waals surface area contributed by atoms with Crippen LogP contribution in [0.5, 0.6) is 5.75 Å². The highest BCUT2D eigenvalue weighted by Gasteiger charge is 2.19. The number of unbranched alkanes of at least 4 members (excludes halogenated alkanes) is 5. The molecule has 0 aromatic heterocycles. The molecule has 0 fully saturated rings. The van der Waals surface area contributed by atoms with Gasteiger partial charge in [-0.1, -0.05) is 70.9 Å². The number of nitrogens with one attached hydrogen (secondary N) is 2. The molecule has 5 heteroatoms. The Morgan fingerprint density at radius 2 is 1.59 bits per heavy atom. The first kappa shape index (κ1) is 23.0. The number of para-hydroxylation sites is 2. The molecule has 0 saturated heterocycles. The van der Waals surface area contributed by atoms with Crippen molar-refractivity contribution in [3.05, 3.63) is 24.3 Å². The van der Waals surface area contributed by atoms with E-state index < -0.39 is 11.8 Å². The van der Waals surface area contributed by atoms with E-state index >= 15 is 0 Å². The normalized spacial score (nSPS) is 11.7. The van der Waals surface area contributed by atoms with Gasteiger partial charge in [0.2, 0.25) is 0 Å². The van der Waals surface area contributed by atoms with Crippen molar-refractivity contribution in [1.29, 1.82) is 0 Å². The summed E-state index contributed by atoms with van der Waals surface area (Å²) < 4.78 is 5.48. The minimum atomic E-state index is -0.647. The van der Waals surface area contributed by atoms with E-state index in [4.69, 9.17) is 4.74 Å². The Balaban J connectivity index is 2.48. The third-order valence-electron chi connectivity index (χ3n) is 4.52. The molecular formula is C22H36N2O3. The largest absolute Gasteiger partial charge is 0.492 e. The molecule has 0 spiro atoms. The van der Waals surface area contributed by atoms with Gasteiger partial charge in [-0.3, -0.25) is 9.59 Å². The molecule has 2 amide bonds. The zero-order valence-electron chi connectivity index (χ0n) is 17.2. The molecule has 0 aliphatic carbocycles. The highest BCUT2D eigenvalue weighted by atomic mass is 16.5. The number of carbonyl (C=O) groups is 2. The Hall–Kier alpha value is -2.04. The van der Waals surface area contributed by atoms with Crippen molar-refractivity contribution in [2.45, 2.75) is 84.6 Å². The molecule has 0 heterocycles. The number of carbonyl (C=O) groups excluding carboxylic acids is 2. The van der Waals surface area contributed by atoms with Crippen molar-refractivity contribution in [3.63, 3.8) is 0 Å². The summed E-state index contributed by atoms with van der Waals surface area (Å²) in [5, 5.41) is 5.56. The highest BCUT2D eigenvalue weighted by molar-refractivity contribution is 6.39. The topological polar surface area (TPSA) is 67.4 Å². The van der Waals surface area contributed by atoms with Gasteiger partial charge in [-0.2, -0.15) is 0 Å². The van der Waals surface area contributed by atoms with E-state index in [0.717, 1.165) is 25.7 Å². The van der Waals surface area contributed by atoms with Crippen LogP contribution in [0.1, 0.15) is 78.6 Å². The van der Waals surface area contributed by atoms with Crippen LogP contribution in [0.2, 0.25) is 0 Å². The van der Waals surface area contributed by atoms with Crippen LogP contribution in [-0.2, 0) is 9.59 Å². The minimum absolute atomic E-state index is 0.0570. The number of amides is 2. The summed E-state index contributed by atoms with van der Waals surface area (Å²) in [5.41, 5.74) is 0.516. The SMILES string of the molecule is CCCCCCCCC(CCC)NC(=O)C(=O)Nc1ccccc1OCC. The maximum Gasteiger partial charge on any atom is 0.313 e. The lowest BCUT2D eigenvalue weighted by atomic mass is 10.0. The molecule has 152 valence electrons. The molecule has 5 nitrogen and oxygen atoms in total. The molecule has 1 aromatic carbocycles. The molecule has 1 unspecified atom stereocenters. The monoisotopic (exact) mass is 376 g/mol. The van der Waals surface area contributed by atoms with Crippen molar-refractivity contribution in [1.82, 2.24) is 5.32 Å². The van der Waals surface area contributed by atoms with Gasteiger partial charge in [0, 0.05) is 6.04 Å². The van der Waals surface area contributed by atoms with Crippen molar-refractivity contribution in [2.75, 3.05) is 11.9 Å². The number of benzene rings is 1. The van der Waals surface area contributed by atoms with Crippen LogP contribution >= 0.6 is 0 Å². The van der Waals surface area contributed by atoms with Gasteiger partial charge in [0.05, 0.1) is 12.3 Å². The number of hydrogen-bond donors (Lipinski definition) is 2. The summed E-state index contributed by atoms with van der Waals surface area (Å²) in [6.07, 6.45) is 10.1. The lowest BCUT2D eigenvalue weighted by Crippen LogP contribution is -2.41. The number of ether oxygens (including phenoxy) is 1. The molecule has 2 N–H and O–H groups in total. The molecule has 0 radical (unpaired) electrons. The second-order valence-electron chi connectivity index (χ2n) is 6.90. The van der Waals surface area contributed by atoms with Gasteiger partial charge in [0.15, 0.2) is 0 Å². The van der Waals surface area contributed by atoms with E-state index in [9.17, 15) is 9.59 Å². The Bertz CT molecular complexity index is 560. The van der Waals surface area contributed by atoms with Crippen LogP contribution < -0.4 is 15.4 Å². The highest BCUT2D eigenvalue weighted by Crippen LogP contribution is 2.23. The summed E-state index contributed by atoms with van der Waals surface area (Å²) >= 11 is 0. The van der Waals surface area contributed by atoms with E-state index in [1.165, 1.54) is 32.1 Å². The standard InChI is InChI=1S/C22H36N2O3/c1-4-7-8-9-10-11-15-18(14-5-2)23-21(25)22(26)24-19-16-12-13-17-20(19)27-6-3/h12-13,16-18H,4-11,14-15H2,1-3H3,(H,23,25)(H,24,26). The summed E-state index contributed by atoms with van der Waals surface area (Å²) in [6.45, 7) is 6.68. The summed E-state index contributed by atoms with van der Waals surface area (Å²) in [7, 11) is 0. The van der Waals surface area contributed by atoms with Gasteiger partial charge in [0.25, 0.3) is 0 Å². The molecule has 0 aliphatic rings. The first-order chi connectivity index (χ1) is 13.1. The molecule has 0 saturated carbocycles. The summed E-state index contributed by atoms with van der Waals surface area (Å²) in [6, 6.07) is 7.19. The second-order valence-corrected chi connectivity index (χ2v) is 6.90. The Labute approximate surface area is 164 Å². The molecule has 1 rings (SSSR count). The van der Waals surface area contributed by atoms with E-state index in [1.54, 1.807) is 18.2 Å². The van der Waals surface area contributed by atoms with Gasteiger partial charge >= 0.3 is 11.8 Å². The molecule has 0 aliphatic heterocycles. The van der Waals surface area contributed by atoms with Gasteiger partial charge in [-0.05, 0) is 31.9 Å². The zero-order valence-corrected chi connectivity index (χ0v) is 17.2. The van der Waals surface area contributed by atoms with Crippen molar-refractivity contribution in [3.8, 4) is 5.75 Å². The van der Waals surface area contributed by atoms with Crippen LogP contribution in [0, 0.1) is 0 Å². The molecule has 1 aromatic rings. The Morgan fingerprint density at radius 1 is 0.889 bits per heavy atom. The predicted molar refractivity (Wildman–Crippen MR) is 111 cm³/mol. The van der Waals surface area contributed by atoms with Crippen molar-refractivity contribution in [2.24, 2.45) is 0 Å². The third kappa shape index (κ3) is 9.45. The van der Waals surface area contributed by atoms with Crippen LogP contribution in [0.15, 0.2) is 24.3 Å². The van der Waals surface area contributed by atoms with Gasteiger partial charge in [-0.15, -0.1) is 0 Å². The number of hydrogen-bond acceptors (Lipinski definition) is 3. The predicted octanol–water partition coefficient (Wildman–Crippen LogP) is 5.06. The second kappa shape index (κ2) is 14.1. The van der Waals surface area contributed by atoms with Crippen molar-refractivity contribution < 1.29 is 14.3 Å². The van der Waals surface area contributed by atoms with Crippen LogP contribution in [0.4, 0.5) is 5.69 Å². The van der Waals surface area contributed by atoms with Crippen molar-refractivity contribution >= 4 is 17.5 Å². The van der Waals surface area contributed by atoms with Crippen LogP contribution in [-0.4, -0.2) is 24.5 Å². The molecule has 0 bridgehead atoms. The zero-order chi connectivity index (χ0) is 19.9. The lowest BCUT2D eigenvalue weighted by molar-refractivity contribution is -0.136. The quantitative estimate of drug-likeness (QED) is 0.373. The molecular weight excluding hydrogens is 340 g/mol. The fourth-order valence-electron chi connectivity index (χ4n) is 3.09.